The number of thiophene rings is 1. The zero-order valence-corrected chi connectivity index (χ0v) is 12.2. The van der Waals surface area contributed by atoms with Gasteiger partial charge in [-0.05, 0) is 17.7 Å². The van der Waals surface area contributed by atoms with Gasteiger partial charge in [0.25, 0.3) is 0 Å². The van der Waals surface area contributed by atoms with Crippen molar-refractivity contribution >= 4 is 23.3 Å². The summed E-state index contributed by atoms with van der Waals surface area (Å²) >= 11 is 1.40. The summed E-state index contributed by atoms with van der Waals surface area (Å²) in [5.41, 5.74) is 7.18. The molecule has 2 aromatic rings. The summed E-state index contributed by atoms with van der Waals surface area (Å²) < 4.78 is 0. The Balaban J connectivity index is 1.87. The Morgan fingerprint density at radius 3 is 3.00 bits per heavy atom. The molecule has 0 aliphatic carbocycles. The average Bonchev–Trinajstić information content (AvgIpc) is 3.06. The van der Waals surface area contributed by atoms with Gasteiger partial charge in [0, 0.05) is 27.7 Å². The highest BCUT2D eigenvalue weighted by Crippen LogP contribution is 2.48. The number of fused-ring (bicyclic) bond motifs is 4. The molecule has 2 aliphatic heterocycles. The van der Waals surface area contributed by atoms with Crippen molar-refractivity contribution in [3.63, 3.8) is 0 Å². The van der Waals surface area contributed by atoms with Crippen LogP contribution in [0.25, 0.3) is 10.4 Å². The highest BCUT2D eigenvalue weighted by molar-refractivity contribution is 7.15. The molecule has 3 amide bonds. The molecule has 112 valence electrons. The molecule has 2 aromatic heterocycles. The first-order chi connectivity index (χ1) is 10.6. The number of hydrogen-bond donors (Lipinski definition) is 2. The maximum atomic E-state index is 12.0. The Morgan fingerprint density at radius 2 is 2.32 bits per heavy atom. The maximum absolute atomic E-state index is 12.0. The predicted octanol–water partition coefficient (Wildman–Crippen LogP) is 1.52. The molecule has 22 heavy (non-hydrogen) atoms. The van der Waals surface area contributed by atoms with Crippen LogP contribution in [0.1, 0.15) is 22.5 Å². The lowest BCUT2D eigenvalue weighted by Gasteiger charge is -2.27. The molecular formula is C14H12N4O3S. The van der Waals surface area contributed by atoms with Gasteiger partial charge in [-0.25, -0.2) is 4.79 Å². The van der Waals surface area contributed by atoms with Crippen LogP contribution in [0.5, 0.6) is 0 Å². The first-order valence-corrected chi connectivity index (χ1v) is 7.51. The molecule has 0 saturated carbocycles. The van der Waals surface area contributed by atoms with E-state index in [1.807, 2.05) is 18.2 Å². The fourth-order valence-corrected chi connectivity index (χ4v) is 4.35. The first kappa shape index (κ1) is 13.2. The molecule has 0 unspecified atom stereocenters. The van der Waals surface area contributed by atoms with Gasteiger partial charge in [-0.1, -0.05) is 6.07 Å². The van der Waals surface area contributed by atoms with Crippen LogP contribution in [0.15, 0.2) is 30.6 Å². The number of nitrogens with zero attached hydrogens (tertiary/aromatic N) is 3. The molecule has 0 aromatic carbocycles. The Labute approximate surface area is 129 Å². The molecule has 0 radical (unpaired) electrons. The average molecular weight is 316 g/mol. The molecule has 2 aliphatic rings. The van der Waals surface area contributed by atoms with E-state index in [0.29, 0.717) is 9.94 Å². The van der Waals surface area contributed by atoms with E-state index in [1.165, 1.54) is 16.2 Å². The van der Waals surface area contributed by atoms with Crippen molar-refractivity contribution in [2.45, 2.75) is 12.1 Å². The van der Waals surface area contributed by atoms with Crippen molar-refractivity contribution in [2.24, 2.45) is 5.73 Å². The van der Waals surface area contributed by atoms with Gasteiger partial charge in [0.05, 0.1) is 6.54 Å². The molecular weight excluding hydrogens is 304 g/mol. The van der Waals surface area contributed by atoms with Crippen molar-refractivity contribution in [2.75, 3.05) is 6.54 Å². The number of primary amides is 1. The molecule has 2 atom stereocenters. The van der Waals surface area contributed by atoms with Crippen molar-refractivity contribution in [1.29, 1.82) is 0 Å². The second kappa shape index (κ2) is 4.52. The van der Waals surface area contributed by atoms with E-state index in [9.17, 15) is 14.8 Å². The molecule has 0 spiro atoms. The largest absolute Gasteiger partial charge is 0.368 e. The van der Waals surface area contributed by atoms with Crippen LogP contribution in [-0.4, -0.2) is 38.6 Å². The van der Waals surface area contributed by atoms with Crippen LogP contribution in [-0.2, 0) is 4.79 Å². The lowest BCUT2D eigenvalue weighted by Crippen LogP contribution is -2.40. The van der Waals surface area contributed by atoms with Gasteiger partial charge in [0.2, 0.25) is 5.91 Å². The van der Waals surface area contributed by atoms with Gasteiger partial charge in [0.15, 0.2) is 0 Å². The Morgan fingerprint density at radius 1 is 1.50 bits per heavy atom. The van der Waals surface area contributed by atoms with Gasteiger partial charge < -0.3 is 10.6 Å². The van der Waals surface area contributed by atoms with E-state index in [1.54, 1.807) is 12.4 Å². The zero-order chi connectivity index (χ0) is 15.4. The van der Waals surface area contributed by atoms with Crippen LogP contribution in [0.4, 0.5) is 4.79 Å². The van der Waals surface area contributed by atoms with Gasteiger partial charge in [0.1, 0.15) is 12.1 Å². The number of carbonyl (C=O) groups is 2. The van der Waals surface area contributed by atoms with Crippen LogP contribution >= 0.6 is 11.3 Å². The lowest BCUT2D eigenvalue weighted by molar-refractivity contribution is -0.122. The van der Waals surface area contributed by atoms with E-state index in [-0.39, 0.29) is 6.54 Å². The van der Waals surface area contributed by atoms with Gasteiger partial charge in [-0.2, -0.15) is 5.06 Å². The fourth-order valence-electron chi connectivity index (χ4n) is 3.02. The first-order valence-electron chi connectivity index (χ1n) is 6.70. The molecule has 4 rings (SSSR count). The number of carbonyl (C=O) groups excluding carboxylic acids is 2. The van der Waals surface area contributed by atoms with Crippen molar-refractivity contribution in [3.8, 4) is 10.4 Å². The maximum Gasteiger partial charge on any atom is 0.345 e. The standard InChI is InChI=1S/C14H12N4O3S/c15-13(19)11-12-8(9-6-17(11)14(20)18(9)21)4-10(22-12)7-2-1-3-16-5-7/h1-5,9,11,21H,6H2,(H2,15,19)/t9-,11+/m1/s1. The van der Waals surface area contributed by atoms with Crippen LogP contribution in [0.3, 0.4) is 0 Å². The molecule has 1 fully saturated rings. The molecule has 1 saturated heterocycles. The summed E-state index contributed by atoms with van der Waals surface area (Å²) in [6.07, 6.45) is 3.42. The smallest absolute Gasteiger partial charge is 0.345 e. The van der Waals surface area contributed by atoms with Gasteiger partial charge >= 0.3 is 6.03 Å². The van der Waals surface area contributed by atoms with Crippen LogP contribution < -0.4 is 5.73 Å². The Bertz CT molecular complexity index is 776. The number of hydrogen-bond acceptors (Lipinski definition) is 5. The second-order valence-electron chi connectivity index (χ2n) is 5.27. The Hall–Kier alpha value is -2.45. The highest BCUT2D eigenvalue weighted by Gasteiger charge is 2.50. The molecule has 4 heterocycles. The third-order valence-electron chi connectivity index (χ3n) is 4.03. The zero-order valence-electron chi connectivity index (χ0n) is 11.3. The topological polar surface area (TPSA) is 99.8 Å². The number of nitrogens with two attached hydrogens (primary N) is 1. The fraction of sp³-hybridized carbons (Fsp3) is 0.214. The number of rotatable bonds is 2. The third-order valence-corrected chi connectivity index (χ3v) is 5.28. The van der Waals surface area contributed by atoms with Crippen molar-refractivity contribution in [1.82, 2.24) is 14.9 Å². The number of amides is 3. The number of hydroxylamine groups is 2. The molecule has 2 bridgehead atoms. The molecule has 7 nitrogen and oxygen atoms in total. The van der Waals surface area contributed by atoms with Gasteiger partial charge in [-0.15, -0.1) is 11.3 Å². The van der Waals surface area contributed by atoms with Crippen molar-refractivity contribution in [3.05, 3.63) is 41.0 Å². The van der Waals surface area contributed by atoms with E-state index >= 15 is 0 Å². The number of urea groups is 1. The summed E-state index contributed by atoms with van der Waals surface area (Å²) in [6, 6.07) is 3.78. The quantitative estimate of drug-likeness (QED) is 0.820. The van der Waals surface area contributed by atoms with E-state index in [0.717, 1.165) is 16.0 Å². The summed E-state index contributed by atoms with van der Waals surface area (Å²) in [4.78, 5) is 30.9. The summed E-state index contributed by atoms with van der Waals surface area (Å²) in [5.74, 6) is -0.595. The second-order valence-corrected chi connectivity index (χ2v) is 6.36. The monoisotopic (exact) mass is 316 g/mol. The van der Waals surface area contributed by atoms with Crippen LogP contribution in [0.2, 0.25) is 0 Å². The minimum atomic E-state index is -0.827. The molecule has 3 N–H and O–H groups in total. The number of pyridine rings is 1. The van der Waals surface area contributed by atoms with Crippen molar-refractivity contribution < 1.29 is 14.8 Å². The third kappa shape index (κ3) is 1.68. The summed E-state index contributed by atoms with van der Waals surface area (Å²) in [7, 11) is 0. The summed E-state index contributed by atoms with van der Waals surface area (Å²) in [5, 5.41) is 10.7. The SMILES string of the molecule is NC(=O)[C@@H]1c2sc(-c3cccnc3)cc2[C@H]2CN1C(=O)N2O. The summed E-state index contributed by atoms with van der Waals surface area (Å²) in [6.45, 7) is 0.263. The lowest BCUT2D eigenvalue weighted by atomic mass is 9.98. The minimum Gasteiger partial charge on any atom is -0.368 e. The predicted molar refractivity (Wildman–Crippen MR) is 78.0 cm³/mol. The normalized spacial score (nSPS) is 22.9. The van der Waals surface area contributed by atoms with Crippen LogP contribution in [0, 0.1) is 0 Å². The highest BCUT2D eigenvalue weighted by atomic mass is 32.1. The van der Waals surface area contributed by atoms with E-state index < -0.39 is 24.0 Å². The van der Waals surface area contributed by atoms with E-state index in [4.69, 9.17) is 5.73 Å². The minimum absolute atomic E-state index is 0.263. The molecule has 8 heteroatoms. The van der Waals surface area contributed by atoms with Gasteiger partial charge in [-0.3, -0.25) is 15.0 Å². The van der Waals surface area contributed by atoms with E-state index in [2.05, 4.69) is 4.98 Å². The number of aromatic nitrogens is 1. The Kier molecular flexibility index (Phi) is 2.72.